The van der Waals surface area contributed by atoms with Crippen LogP contribution in [0.25, 0.3) is 0 Å². The second-order valence-corrected chi connectivity index (χ2v) is 4.42. The maximum atomic E-state index is 11.9. The largest absolute Gasteiger partial charge is 0.453 e. The molecule has 1 aliphatic rings. The van der Waals surface area contributed by atoms with Crippen molar-refractivity contribution in [3.63, 3.8) is 0 Å². The highest BCUT2D eigenvalue weighted by Crippen LogP contribution is 2.11. The van der Waals surface area contributed by atoms with Crippen LogP contribution in [-0.2, 0) is 4.74 Å². The Kier molecular flexibility index (Phi) is 4.33. The lowest BCUT2D eigenvalue weighted by Gasteiger charge is -2.31. The van der Waals surface area contributed by atoms with E-state index in [1.807, 2.05) is 0 Å². The van der Waals surface area contributed by atoms with Gasteiger partial charge in [0.2, 0.25) is 0 Å². The van der Waals surface area contributed by atoms with Gasteiger partial charge in [0.25, 0.3) is 5.91 Å². The Morgan fingerprint density at radius 3 is 2.68 bits per heavy atom. The molecule has 0 atom stereocenters. The maximum Gasteiger partial charge on any atom is 0.409 e. The lowest BCUT2D eigenvalue weighted by molar-refractivity contribution is 0.0887. The van der Waals surface area contributed by atoms with Crippen LogP contribution in [0.5, 0.6) is 0 Å². The van der Waals surface area contributed by atoms with Gasteiger partial charge in [0.1, 0.15) is 5.69 Å². The zero-order valence-electron chi connectivity index (χ0n) is 10.8. The van der Waals surface area contributed by atoms with Crippen LogP contribution in [0.4, 0.5) is 4.79 Å². The van der Waals surface area contributed by atoms with E-state index < -0.39 is 0 Å². The van der Waals surface area contributed by atoms with Gasteiger partial charge in [0, 0.05) is 25.3 Å². The summed E-state index contributed by atoms with van der Waals surface area (Å²) >= 11 is 0. The molecule has 19 heavy (non-hydrogen) atoms. The number of amides is 2. The third-order valence-electron chi connectivity index (χ3n) is 3.16. The first-order chi connectivity index (χ1) is 9.20. The fourth-order valence-electron chi connectivity index (χ4n) is 2.09. The van der Waals surface area contributed by atoms with Gasteiger partial charge in [0.05, 0.1) is 7.11 Å². The second kappa shape index (κ2) is 6.17. The van der Waals surface area contributed by atoms with Crippen molar-refractivity contribution in [1.29, 1.82) is 0 Å². The summed E-state index contributed by atoms with van der Waals surface area (Å²) in [5, 5.41) is 2.93. The van der Waals surface area contributed by atoms with Gasteiger partial charge in [-0.05, 0) is 25.0 Å². The molecule has 6 nitrogen and oxygen atoms in total. The van der Waals surface area contributed by atoms with E-state index in [2.05, 4.69) is 15.0 Å². The number of carbonyl (C=O) groups excluding carboxylic acids is 2. The quantitative estimate of drug-likeness (QED) is 0.865. The van der Waals surface area contributed by atoms with Crippen LogP contribution in [0.1, 0.15) is 23.3 Å². The average molecular weight is 263 g/mol. The SMILES string of the molecule is COC(=O)N1CCC(NC(=O)c2ccccn2)CC1. The molecule has 0 saturated carbocycles. The fraction of sp³-hybridized carbons (Fsp3) is 0.462. The number of carbonyl (C=O) groups is 2. The van der Waals surface area contributed by atoms with Gasteiger partial charge in [-0.15, -0.1) is 0 Å². The van der Waals surface area contributed by atoms with Crippen LogP contribution in [0.2, 0.25) is 0 Å². The van der Waals surface area contributed by atoms with Crippen molar-refractivity contribution in [3.05, 3.63) is 30.1 Å². The number of aromatic nitrogens is 1. The van der Waals surface area contributed by atoms with Crippen molar-refractivity contribution in [2.24, 2.45) is 0 Å². The number of hydrogen-bond acceptors (Lipinski definition) is 4. The summed E-state index contributed by atoms with van der Waals surface area (Å²) in [5.41, 5.74) is 0.415. The Balaban J connectivity index is 1.83. The molecular formula is C13H17N3O3. The molecule has 0 bridgehead atoms. The first-order valence-electron chi connectivity index (χ1n) is 6.25. The van der Waals surface area contributed by atoms with Gasteiger partial charge in [-0.2, -0.15) is 0 Å². The Labute approximate surface area is 111 Å². The van der Waals surface area contributed by atoms with E-state index in [0.717, 1.165) is 12.8 Å². The summed E-state index contributed by atoms with van der Waals surface area (Å²) in [7, 11) is 1.37. The van der Waals surface area contributed by atoms with Crippen LogP contribution in [0.15, 0.2) is 24.4 Å². The molecule has 0 unspecified atom stereocenters. The second-order valence-electron chi connectivity index (χ2n) is 4.42. The van der Waals surface area contributed by atoms with Crippen LogP contribution in [0.3, 0.4) is 0 Å². The Morgan fingerprint density at radius 2 is 2.11 bits per heavy atom. The number of methoxy groups -OCH3 is 1. The van der Waals surface area contributed by atoms with E-state index in [1.54, 1.807) is 29.3 Å². The highest BCUT2D eigenvalue weighted by Gasteiger charge is 2.24. The van der Waals surface area contributed by atoms with Crippen LogP contribution in [-0.4, -0.2) is 48.1 Å². The Hall–Kier alpha value is -2.11. The number of likely N-dealkylation sites (tertiary alicyclic amines) is 1. The van der Waals surface area contributed by atoms with E-state index in [4.69, 9.17) is 0 Å². The topological polar surface area (TPSA) is 71.5 Å². The number of pyridine rings is 1. The number of hydrogen-bond donors (Lipinski definition) is 1. The highest BCUT2D eigenvalue weighted by molar-refractivity contribution is 5.92. The van der Waals surface area contributed by atoms with Crippen molar-refractivity contribution in [2.45, 2.75) is 18.9 Å². The smallest absolute Gasteiger partial charge is 0.409 e. The molecule has 2 heterocycles. The van der Waals surface area contributed by atoms with Crippen LogP contribution >= 0.6 is 0 Å². The number of rotatable bonds is 2. The molecular weight excluding hydrogens is 246 g/mol. The molecule has 1 fully saturated rings. The van der Waals surface area contributed by atoms with Crippen molar-refractivity contribution in [3.8, 4) is 0 Å². The third kappa shape index (κ3) is 3.43. The van der Waals surface area contributed by atoms with Crippen LogP contribution in [0, 0.1) is 0 Å². The van der Waals surface area contributed by atoms with Gasteiger partial charge in [-0.3, -0.25) is 9.78 Å². The number of ether oxygens (including phenoxy) is 1. The predicted molar refractivity (Wildman–Crippen MR) is 68.7 cm³/mol. The summed E-state index contributed by atoms with van der Waals surface area (Å²) in [6.07, 6.45) is 2.74. The molecule has 0 aromatic carbocycles. The lowest BCUT2D eigenvalue weighted by atomic mass is 10.1. The van der Waals surface area contributed by atoms with Crippen molar-refractivity contribution >= 4 is 12.0 Å². The summed E-state index contributed by atoms with van der Waals surface area (Å²) in [6.45, 7) is 1.19. The number of nitrogens with one attached hydrogen (secondary N) is 1. The van der Waals surface area contributed by atoms with E-state index in [-0.39, 0.29) is 18.0 Å². The van der Waals surface area contributed by atoms with E-state index in [0.29, 0.717) is 18.8 Å². The molecule has 6 heteroatoms. The minimum Gasteiger partial charge on any atom is -0.453 e. The summed E-state index contributed by atoms with van der Waals surface area (Å²) in [5.74, 6) is -0.169. The predicted octanol–water partition coefficient (Wildman–Crippen LogP) is 1.04. The lowest BCUT2D eigenvalue weighted by Crippen LogP contribution is -2.46. The molecule has 0 radical (unpaired) electrons. The fourth-order valence-corrected chi connectivity index (χ4v) is 2.09. The molecule has 1 N–H and O–H groups in total. The van der Waals surface area contributed by atoms with Crippen LogP contribution < -0.4 is 5.32 Å². The molecule has 2 amide bonds. The molecule has 1 saturated heterocycles. The van der Waals surface area contributed by atoms with Gasteiger partial charge in [-0.25, -0.2) is 4.79 Å². The van der Waals surface area contributed by atoms with Gasteiger partial charge < -0.3 is 15.0 Å². The molecule has 0 aliphatic carbocycles. The molecule has 102 valence electrons. The van der Waals surface area contributed by atoms with Gasteiger partial charge in [0.15, 0.2) is 0 Å². The molecule has 1 aromatic rings. The third-order valence-corrected chi connectivity index (χ3v) is 3.16. The number of nitrogens with zero attached hydrogens (tertiary/aromatic N) is 2. The maximum absolute atomic E-state index is 11.9. The number of piperidine rings is 1. The minimum atomic E-state index is -0.311. The normalized spacial score (nSPS) is 15.9. The summed E-state index contributed by atoms with van der Waals surface area (Å²) < 4.78 is 4.66. The summed E-state index contributed by atoms with van der Waals surface area (Å²) in [4.78, 5) is 28.9. The standard InChI is InChI=1S/C13H17N3O3/c1-19-13(18)16-8-5-10(6-9-16)15-12(17)11-4-2-3-7-14-11/h2-4,7,10H,5-6,8-9H2,1H3,(H,15,17). The minimum absolute atomic E-state index is 0.0791. The van der Waals surface area contributed by atoms with E-state index >= 15 is 0 Å². The Bertz CT molecular complexity index is 442. The molecule has 0 spiro atoms. The van der Waals surface area contributed by atoms with Gasteiger partial charge >= 0.3 is 6.09 Å². The zero-order valence-corrected chi connectivity index (χ0v) is 10.8. The molecule has 1 aromatic heterocycles. The summed E-state index contributed by atoms with van der Waals surface area (Å²) in [6, 6.07) is 5.31. The first kappa shape index (κ1) is 13.3. The average Bonchev–Trinajstić information content (AvgIpc) is 2.48. The zero-order chi connectivity index (χ0) is 13.7. The van der Waals surface area contributed by atoms with Gasteiger partial charge in [-0.1, -0.05) is 6.07 Å². The first-order valence-corrected chi connectivity index (χ1v) is 6.25. The van der Waals surface area contributed by atoms with Crippen molar-refractivity contribution in [1.82, 2.24) is 15.2 Å². The van der Waals surface area contributed by atoms with Crippen molar-refractivity contribution < 1.29 is 14.3 Å². The highest BCUT2D eigenvalue weighted by atomic mass is 16.5. The van der Waals surface area contributed by atoms with E-state index in [1.165, 1.54) is 7.11 Å². The monoisotopic (exact) mass is 263 g/mol. The molecule has 1 aliphatic heterocycles. The Morgan fingerprint density at radius 1 is 1.37 bits per heavy atom. The van der Waals surface area contributed by atoms with E-state index in [9.17, 15) is 9.59 Å². The van der Waals surface area contributed by atoms with Crippen molar-refractivity contribution in [2.75, 3.05) is 20.2 Å². The molecule has 2 rings (SSSR count).